The summed E-state index contributed by atoms with van der Waals surface area (Å²) in [6.07, 6.45) is 2.47. The molecule has 0 saturated carbocycles. The maximum absolute atomic E-state index is 5.89. The first-order valence-electron chi connectivity index (χ1n) is 6.34. The van der Waals surface area contributed by atoms with Gasteiger partial charge in [0, 0.05) is 0 Å². The molecule has 19 heavy (non-hydrogen) atoms. The van der Waals surface area contributed by atoms with Crippen LogP contribution < -0.4 is 18.3 Å². The van der Waals surface area contributed by atoms with Crippen LogP contribution >= 0.6 is 9.21 Å². The zero-order chi connectivity index (χ0) is 14.0. The summed E-state index contributed by atoms with van der Waals surface area (Å²) in [6, 6.07) is 0. The molecule has 1 aliphatic rings. The monoisotopic (exact) mass is 405 g/mol. The Morgan fingerprint density at radius 3 is 2.42 bits per heavy atom. The van der Waals surface area contributed by atoms with E-state index < -0.39 is 18.3 Å². The molecule has 0 aromatic heterocycles. The first-order chi connectivity index (χ1) is 9.26. The van der Waals surface area contributed by atoms with E-state index in [1.165, 1.54) is 9.21 Å². The van der Waals surface area contributed by atoms with Crippen LogP contribution in [-0.4, -0.2) is 45.0 Å². The fourth-order valence-electron chi connectivity index (χ4n) is 1.22. The van der Waals surface area contributed by atoms with Crippen molar-refractivity contribution in [1.29, 1.82) is 0 Å². The molecule has 0 aliphatic carbocycles. The average molecular weight is 405 g/mol. The molecule has 1 aliphatic heterocycles. The predicted molar refractivity (Wildman–Crippen MR) is 73.8 cm³/mol. The van der Waals surface area contributed by atoms with Crippen molar-refractivity contribution in [3.63, 3.8) is 0 Å². The van der Waals surface area contributed by atoms with E-state index in [1.807, 2.05) is 20.8 Å². The zero-order valence-electron chi connectivity index (χ0n) is 11.6. The van der Waals surface area contributed by atoms with Crippen molar-refractivity contribution in [2.45, 2.75) is 27.2 Å². The Hall–Kier alpha value is 0.260. The standard InChI is InChI=1S/C11H22IN2O4S/c1-4-15-12(16-5-2,19-18-6-3)17-10-7-11-13-8-9-14-11/h8H,4-7,9-10H2,1-3H3/q-1. The average Bonchev–Trinajstić information content (AvgIpc) is 2.90. The van der Waals surface area contributed by atoms with Gasteiger partial charge in [-0.15, -0.1) is 0 Å². The van der Waals surface area contributed by atoms with Crippen LogP contribution in [0.2, 0.25) is 0 Å². The summed E-state index contributed by atoms with van der Waals surface area (Å²) in [4.78, 5) is 8.38. The van der Waals surface area contributed by atoms with Crippen molar-refractivity contribution in [3.05, 3.63) is 0 Å². The normalized spacial score (nSPS) is 15.8. The van der Waals surface area contributed by atoms with Crippen LogP contribution in [0.15, 0.2) is 9.98 Å². The van der Waals surface area contributed by atoms with E-state index in [-0.39, 0.29) is 0 Å². The minimum atomic E-state index is -3.27. The van der Waals surface area contributed by atoms with Crippen molar-refractivity contribution in [1.82, 2.24) is 0 Å². The summed E-state index contributed by atoms with van der Waals surface area (Å²) in [5.41, 5.74) is 0. The van der Waals surface area contributed by atoms with Gasteiger partial charge < -0.3 is 0 Å². The van der Waals surface area contributed by atoms with E-state index in [1.54, 1.807) is 6.21 Å². The van der Waals surface area contributed by atoms with Gasteiger partial charge in [-0.05, 0) is 0 Å². The molecule has 1 heterocycles. The minimum absolute atomic E-state index is 0.493. The van der Waals surface area contributed by atoms with Gasteiger partial charge in [-0.3, -0.25) is 0 Å². The van der Waals surface area contributed by atoms with Gasteiger partial charge in [-0.25, -0.2) is 0 Å². The molecule has 0 aromatic carbocycles. The van der Waals surface area contributed by atoms with Gasteiger partial charge in [0.05, 0.1) is 0 Å². The molecule has 0 fully saturated rings. The third kappa shape index (κ3) is 6.50. The third-order valence-electron chi connectivity index (χ3n) is 1.86. The number of hydrogen-bond donors (Lipinski definition) is 0. The van der Waals surface area contributed by atoms with Crippen LogP contribution in [0.25, 0.3) is 0 Å². The van der Waals surface area contributed by atoms with Gasteiger partial charge in [-0.1, -0.05) is 0 Å². The zero-order valence-corrected chi connectivity index (χ0v) is 14.6. The van der Waals surface area contributed by atoms with Crippen LogP contribution in [0.3, 0.4) is 0 Å². The van der Waals surface area contributed by atoms with Crippen LogP contribution in [0, 0.1) is 0 Å². The Balaban J connectivity index is 2.47. The number of rotatable bonds is 11. The van der Waals surface area contributed by atoms with Gasteiger partial charge in [0.25, 0.3) is 0 Å². The Morgan fingerprint density at radius 2 is 1.89 bits per heavy atom. The molecule has 0 amide bonds. The summed E-state index contributed by atoms with van der Waals surface area (Å²) in [5.74, 6) is 0.824. The molecular formula is C11H22IN2O4S-. The molecule has 0 bridgehead atoms. The van der Waals surface area contributed by atoms with E-state index >= 15 is 0 Å². The van der Waals surface area contributed by atoms with Crippen LogP contribution in [0.1, 0.15) is 27.2 Å². The Bertz CT molecular complexity index is 309. The molecule has 0 aromatic rings. The fraction of sp³-hybridized carbons (Fsp3) is 0.818. The summed E-state index contributed by atoms with van der Waals surface area (Å²) in [5, 5.41) is 0. The molecule has 0 atom stereocenters. The van der Waals surface area contributed by atoms with Crippen molar-refractivity contribution >= 4 is 21.3 Å². The number of hydrogen-bond acceptors (Lipinski definition) is 7. The molecule has 114 valence electrons. The van der Waals surface area contributed by atoms with E-state index in [0.29, 0.717) is 39.4 Å². The van der Waals surface area contributed by atoms with Crippen LogP contribution in [0.5, 0.6) is 0 Å². The quantitative estimate of drug-likeness (QED) is 0.341. The van der Waals surface area contributed by atoms with Gasteiger partial charge in [-0.2, -0.15) is 0 Å². The molecule has 1 rings (SSSR count). The van der Waals surface area contributed by atoms with Crippen molar-refractivity contribution in [2.75, 3.05) is 33.0 Å². The SMILES string of the molecule is CCOS[I-](OCC)(OCC)OCCC1=NCC=N1. The molecule has 0 N–H and O–H groups in total. The van der Waals surface area contributed by atoms with E-state index in [9.17, 15) is 0 Å². The Labute approximate surface area is 123 Å². The summed E-state index contributed by atoms with van der Waals surface area (Å²) < 4.78 is 22.7. The Morgan fingerprint density at radius 1 is 1.16 bits per heavy atom. The second-order valence-corrected chi connectivity index (χ2v) is 11.3. The number of aliphatic imine (C=N–C) groups is 2. The van der Waals surface area contributed by atoms with Gasteiger partial charge >= 0.3 is 123 Å². The first kappa shape index (κ1) is 17.3. The van der Waals surface area contributed by atoms with Gasteiger partial charge in [0.1, 0.15) is 0 Å². The fourth-order valence-corrected chi connectivity index (χ4v) is 8.60. The van der Waals surface area contributed by atoms with Gasteiger partial charge in [0.2, 0.25) is 0 Å². The van der Waals surface area contributed by atoms with E-state index in [4.69, 9.17) is 13.4 Å². The van der Waals surface area contributed by atoms with Crippen molar-refractivity contribution in [3.8, 4) is 0 Å². The molecule has 0 spiro atoms. The second-order valence-electron chi connectivity index (χ2n) is 3.27. The van der Waals surface area contributed by atoms with Gasteiger partial charge in [0.15, 0.2) is 0 Å². The molecule has 8 heteroatoms. The van der Waals surface area contributed by atoms with Crippen molar-refractivity contribution < 1.29 is 31.7 Å². The van der Waals surface area contributed by atoms with Crippen molar-refractivity contribution in [2.24, 2.45) is 9.98 Å². The van der Waals surface area contributed by atoms with Crippen LogP contribution in [0.4, 0.5) is 0 Å². The molecule has 0 radical (unpaired) electrons. The second kappa shape index (κ2) is 10.1. The topological polar surface area (TPSA) is 61.6 Å². The number of nitrogens with zero attached hydrogens (tertiary/aromatic N) is 2. The number of halogens is 1. The maximum atomic E-state index is 5.89. The first-order valence-corrected chi connectivity index (χ1v) is 12.3. The van der Waals surface area contributed by atoms with E-state index in [0.717, 1.165) is 5.84 Å². The Kier molecular flexibility index (Phi) is 9.16. The van der Waals surface area contributed by atoms with E-state index in [2.05, 4.69) is 9.98 Å². The van der Waals surface area contributed by atoms with Crippen LogP contribution in [-0.2, 0) is 13.4 Å². The number of amidine groups is 1. The summed E-state index contributed by atoms with van der Waals surface area (Å²) >= 11 is -3.27. The third-order valence-corrected chi connectivity index (χ3v) is 10.2. The summed E-state index contributed by atoms with van der Waals surface area (Å²) in [7, 11) is 1.24. The predicted octanol–water partition coefficient (Wildman–Crippen LogP) is -0.546. The summed E-state index contributed by atoms with van der Waals surface area (Å²) in [6.45, 7) is 8.65. The molecule has 0 unspecified atom stereocenters. The molecule has 0 saturated heterocycles. The molecule has 6 nitrogen and oxygen atoms in total. The molecular weight excluding hydrogens is 383 g/mol.